The van der Waals surface area contributed by atoms with E-state index in [9.17, 15) is 9.18 Å². The number of anilines is 1. The summed E-state index contributed by atoms with van der Waals surface area (Å²) in [6.07, 6.45) is 0. The molecule has 0 aliphatic carbocycles. The first-order valence-corrected chi connectivity index (χ1v) is 7.62. The molecule has 0 atom stereocenters. The maximum Gasteiger partial charge on any atom is 0.257 e. The second kappa shape index (κ2) is 6.67. The van der Waals surface area contributed by atoms with Gasteiger partial charge in [-0.15, -0.1) is 0 Å². The molecule has 0 aliphatic heterocycles. The van der Waals surface area contributed by atoms with Crippen LogP contribution in [0, 0.1) is 12.7 Å². The minimum Gasteiger partial charge on any atom is -0.321 e. The number of nitrogens with one attached hydrogen (secondary N) is 1. The van der Waals surface area contributed by atoms with Gasteiger partial charge in [-0.2, -0.15) is 0 Å². The normalized spacial score (nSPS) is 10.9. The van der Waals surface area contributed by atoms with Crippen LogP contribution in [0.1, 0.15) is 41.3 Å². The molecule has 0 unspecified atom stereocenters. The Kier molecular flexibility index (Phi) is 5.09. The molecular weight excluding hydrogens is 324 g/mol. The monoisotopic (exact) mass is 339 g/mol. The third-order valence-corrected chi connectivity index (χ3v) is 4.02. The first-order valence-electron chi connectivity index (χ1n) is 6.86. The van der Waals surface area contributed by atoms with Gasteiger partial charge in [0, 0.05) is 5.69 Å². The van der Waals surface area contributed by atoms with Gasteiger partial charge in [0.05, 0.1) is 15.6 Å². The number of rotatable bonds is 3. The first-order chi connectivity index (χ1) is 10.3. The van der Waals surface area contributed by atoms with Crippen molar-refractivity contribution < 1.29 is 9.18 Å². The quantitative estimate of drug-likeness (QED) is 0.701. The van der Waals surface area contributed by atoms with Crippen molar-refractivity contribution in [1.82, 2.24) is 0 Å². The molecule has 0 aromatic heterocycles. The lowest BCUT2D eigenvalue weighted by Gasteiger charge is -2.17. The zero-order valence-corrected chi connectivity index (χ0v) is 14.0. The zero-order valence-electron chi connectivity index (χ0n) is 12.5. The maximum atomic E-state index is 13.6. The molecule has 0 saturated carbocycles. The van der Waals surface area contributed by atoms with E-state index < -0.39 is 11.7 Å². The van der Waals surface area contributed by atoms with Crippen LogP contribution in [-0.4, -0.2) is 5.91 Å². The van der Waals surface area contributed by atoms with E-state index in [1.54, 1.807) is 0 Å². The van der Waals surface area contributed by atoms with Crippen LogP contribution in [0.4, 0.5) is 10.1 Å². The van der Waals surface area contributed by atoms with Gasteiger partial charge >= 0.3 is 0 Å². The van der Waals surface area contributed by atoms with Crippen molar-refractivity contribution in [2.45, 2.75) is 26.7 Å². The smallest absolute Gasteiger partial charge is 0.257 e. The lowest BCUT2D eigenvalue weighted by atomic mass is 9.98. The second-order valence-electron chi connectivity index (χ2n) is 5.39. The molecule has 2 aromatic rings. The lowest BCUT2D eigenvalue weighted by Crippen LogP contribution is -2.15. The summed E-state index contributed by atoms with van der Waals surface area (Å²) in [6.45, 7) is 5.99. The van der Waals surface area contributed by atoms with Crippen LogP contribution < -0.4 is 5.32 Å². The van der Waals surface area contributed by atoms with Crippen LogP contribution in [0.15, 0.2) is 30.3 Å². The zero-order chi connectivity index (χ0) is 16.4. The first kappa shape index (κ1) is 16.8. The van der Waals surface area contributed by atoms with Crippen molar-refractivity contribution in [2.75, 3.05) is 5.32 Å². The van der Waals surface area contributed by atoms with Crippen molar-refractivity contribution >= 4 is 34.8 Å². The Balaban J connectivity index is 2.40. The van der Waals surface area contributed by atoms with Gasteiger partial charge < -0.3 is 5.32 Å². The molecular formula is C17H16Cl2FNO. The molecule has 116 valence electrons. The molecule has 2 aromatic carbocycles. The van der Waals surface area contributed by atoms with E-state index in [1.807, 2.05) is 39.0 Å². The van der Waals surface area contributed by atoms with E-state index in [0.717, 1.165) is 22.9 Å². The number of carbonyl (C=O) groups excluding carboxylic acids is 1. The number of benzene rings is 2. The maximum absolute atomic E-state index is 13.6. The predicted octanol–water partition coefficient (Wildman–Crippen LogP) is 5.82. The van der Waals surface area contributed by atoms with Crippen molar-refractivity contribution in [2.24, 2.45) is 0 Å². The van der Waals surface area contributed by atoms with Crippen LogP contribution in [0.5, 0.6) is 0 Å². The number of para-hydroxylation sites is 1. The van der Waals surface area contributed by atoms with Crippen molar-refractivity contribution in [3.05, 3.63) is 62.9 Å². The van der Waals surface area contributed by atoms with Gasteiger partial charge in [-0.05, 0) is 36.1 Å². The third kappa shape index (κ3) is 3.42. The summed E-state index contributed by atoms with van der Waals surface area (Å²) < 4.78 is 13.6. The second-order valence-corrected chi connectivity index (χ2v) is 6.21. The molecule has 2 nitrogen and oxygen atoms in total. The van der Waals surface area contributed by atoms with Crippen LogP contribution in [0.2, 0.25) is 10.0 Å². The number of hydrogen-bond acceptors (Lipinski definition) is 1. The molecule has 0 spiro atoms. The average molecular weight is 340 g/mol. The highest BCUT2D eigenvalue weighted by Gasteiger charge is 2.17. The van der Waals surface area contributed by atoms with Gasteiger partial charge in [-0.1, -0.05) is 55.2 Å². The average Bonchev–Trinajstić information content (AvgIpc) is 2.44. The Hall–Kier alpha value is -1.58. The van der Waals surface area contributed by atoms with E-state index in [4.69, 9.17) is 23.2 Å². The molecule has 0 saturated heterocycles. The van der Waals surface area contributed by atoms with Crippen LogP contribution in [-0.2, 0) is 0 Å². The molecule has 0 aliphatic rings. The topological polar surface area (TPSA) is 29.1 Å². The highest BCUT2D eigenvalue weighted by atomic mass is 35.5. The minimum atomic E-state index is -0.676. The fraction of sp³-hybridized carbons (Fsp3) is 0.235. The Morgan fingerprint density at radius 3 is 2.50 bits per heavy atom. The summed E-state index contributed by atoms with van der Waals surface area (Å²) in [5.74, 6) is -0.894. The summed E-state index contributed by atoms with van der Waals surface area (Å²) in [6, 6.07) is 8.08. The number of halogens is 3. The van der Waals surface area contributed by atoms with Crippen LogP contribution in [0.25, 0.3) is 0 Å². The predicted molar refractivity (Wildman–Crippen MR) is 89.6 cm³/mol. The van der Waals surface area contributed by atoms with Crippen molar-refractivity contribution in [1.29, 1.82) is 0 Å². The van der Waals surface area contributed by atoms with Crippen molar-refractivity contribution in [3.63, 3.8) is 0 Å². The molecule has 5 heteroatoms. The van der Waals surface area contributed by atoms with E-state index in [2.05, 4.69) is 5.32 Å². The van der Waals surface area contributed by atoms with E-state index in [1.165, 1.54) is 6.07 Å². The van der Waals surface area contributed by atoms with E-state index in [0.29, 0.717) is 0 Å². The summed E-state index contributed by atoms with van der Waals surface area (Å²) in [5, 5.41) is 2.83. The van der Waals surface area contributed by atoms with E-state index in [-0.39, 0.29) is 21.5 Å². The summed E-state index contributed by atoms with van der Waals surface area (Å²) >= 11 is 11.6. The highest BCUT2D eigenvalue weighted by Crippen LogP contribution is 2.29. The van der Waals surface area contributed by atoms with Crippen molar-refractivity contribution in [3.8, 4) is 0 Å². The van der Waals surface area contributed by atoms with Crippen LogP contribution >= 0.6 is 23.2 Å². The molecule has 0 radical (unpaired) electrons. The Bertz CT molecular complexity index is 729. The Morgan fingerprint density at radius 1 is 1.18 bits per heavy atom. The summed E-state index contributed by atoms with van der Waals surface area (Å²) in [5.41, 5.74) is 2.74. The molecule has 0 bridgehead atoms. The fourth-order valence-electron chi connectivity index (χ4n) is 2.22. The van der Waals surface area contributed by atoms with E-state index >= 15 is 0 Å². The summed E-state index contributed by atoms with van der Waals surface area (Å²) in [7, 11) is 0. The number of aryl methyl sites for hydroxylation is 1. The van der Waals surface area contributed by atoms with Crippen LogP contribution in [0.3, 0.4) is 0 Å². The highest BCUT2D eigenvalue weighted by molar-refractivity contribution is 6.37. The third-order valence-electron chi connectivity index (χ3n) is 3.42. The number of carbonyl (C=O) groups is 1. The molecule has 0 heterocycles. The summed E-state index contributed by atoms with van der Waals surface area (Å²) in [4.78, 5) is 12.4. The number of amides is 1. The minimum absolute atomic E-state index is 0.0570. The fourth-order valence-corrected chi connectivity index (χ4v) is 2.69. The standard InChI is InChI=1S/C17H16Cl2FNO/c1-9(2)11-6-4-5-10(3)16(11)21-17(22)12-7-15(20)14(19)8-13(12)18/h4-9H,1-3H3,(H,21,22). The molecule has 22 heavy (non-hydrogen) atoms. The Labute approximate surface area is 139 Å². The van der Waals surface area contributed by atoms with Gasteiger partial charge in [0.2, 0.25) is 0 Å². The number of hydrogen-bond donors (Lipinski definition) is 1. The Morgan fingerprint density at radius 2 is 1.86 bits per heavy atom. The molecule has 2 rings (SSSR count). The molecule has 1 N–H and O–H groups in total. The van der Waals surface area contributed by atoms with Gasteiger partial charge in [-0.3, -0.25) is 4.79 Å². The lowest BCUT2D eigenvalue weighted by molar-refractivity contribution is 0.102. The SMILES string of the molecule is Cc1cccc(C(C)C)c1NC(=O)c1cc(F)c(Cl)cc1Cl. The van der Waals surface area contributed by atoms with Gasteiger partial charge in [0.15, 0.2) is 0 Å². The van der Waals surface area contributed by atoms with Gasteiger partial charge in [-0.25, -0.2) is 4.39 Å². The molecule has 1 amide bonds. The van der Waals surface area contributed by atoms with Gasteiger partial charge in [0.1, 0.15) is 5.82 Å². The van der Waals surface area contributed by atoms with Gasteiger partial charge in [0.25, 0.3) is 5.91 Å². The molecule has 0 fully saturated rings. The largest absolute Gasteiger partial charge is 0.321 e.